The lowest BCUT2D eigenvalue weighted by Gasteiger charge is -2.47. The zero-order valence-electron chi connectivity index (χ0n) is 24.2. The van der Waals surface area contributed by atoms with Crippen molar-refractivity contribution in [3.63, 3.8) is 0 Å². The Morgan fingerprint density at radius 3 is 2.37 bits per heavy atom. The van der Waals surface area contributed by atoms with Gasteiger partial charge in [0.2, 0.25) is 5.88 Å². The van der Waals surface area contributed by atoms with Crippen LogP contribution in [0.1, 0.15) is 41.6 Å². The third-order valence-corrected chi connectivity index (χ3v) is 7.70. The molecular formula is C34H37N3O6. The van der Waals surface area contributed by atoms with Crippen molar-refractivity contribution in [2.45, 2.75) is 37.9 Å². The summed E-state index contributed by atoms with van der Waals surface area (Å²) in [4.78, 5) is 30.8. The molecule has 0 saturated carbocycles. The van der Waals surface area contributed by atoms with Crippen LogP contribution in [0.15, 0.2) is 72.8 Å². The van der Waals surface area contributed by atoms with Crippen LogP contribution in [-0.4, -0.2) is 72.0 Å². The van der Waals surface area contributed by atoms with Crippen LogP contribution in [0.2, 0.25) is 0 Å². The van der Waals surface area contributed by atoms with E-state index in [1.165, 1.54) is 0 Å². The number of aliphatic hydroxyl groups is 1. The largest absolute Gasteiger partial charge is 0.478 e. The molecule has 1 amide bonds. The van der Waals surface area contributed by atoms with Gasteiger partial charge in [0.25, 0.3) is 0 Å². The zero-order valence-corrected chi connectivity index (χ0v) is 24.2. The molecule has 3 aliphatic heterocycles. The summed E-state index contributed by atoms with van der Waals surface area (Å²) >= 11 is 0. The lowest BCUT2D eigenvalue weighted by molar-refractivity contribution is -0.142. The first-order valence-corrected chi connectivity index (χ1v) is 14.7. The first kappa shape index (κ1) is 30.1. The van der Waals surface area contributed by atoms with E-state index >= 15 is 0 Å². The molecule has 9 nitrogen and oxygen atoms in total. The van der Waals surface area contributed by atoms with Crippen molar-refractivity contribution >= 4 is 12.1 Å². The standard InChI is InChI=1S/C34H37N3O6/c38-32(23-35-33(39)43-24-27-10-5-2-6-11-27)42-21-7-20-41-31-13-12-28(30(36-31)22-26-8-3-1-4-9-26)14-17-34(40)25-37-18-15-29(34)16-19-37/h1-6,8-13,29,40H,7,15-16,18-25H2,(H,35,39). The number of nitrogens with one attached hydrogen (secondary N) is 1. The van der Waals surface area contributed by atoms with Crippen LogP contribution in [0.5, 0.6) is 5.88 Å². The molecule has 0 spiro atoms. The van der Waals surface area contributed by atoms with Gasteiger partial charge in [0.15, 0.2) is 0 Å². The highest BCUT2D eigenvalue weighted by molar-refractivity contribution is 5.77. The highest BCUT2D eigenvalue weighted by atomic mass is 16.6. The fraction of sp³-hybridized carbons (Fsp3) is 0.382. The van der Waals surface area contributed by atoms with Gasteiger partial charge in [-0.3, -0.25) is 9.69 Å². The van der Waals surface area contributed by atoms with E-state index in [4.69, 9.17) is 19.2 Å². The molecule has 2 aromatic carbocycles. The topological polar surface area (TPSA) is 110 Å². The molecule has 1 atom stereocenters. The van der Waals surface area contributed by atoms with Crippen LogP contribution in [0.25, 0.3) is 0 Å². The molecule has 0 aliphatic carbocycles. The van der Waals surface area contributed by atoms with Crippen molar-refractivity contribution < 1.29 is 28.9 Å². The smallest absolute Gasteiger partial charge is 0.407 e. The third kappa shape index (κ3) is 8.80. The van der Waals surface area contributed by atoms with Gasteiger partial charge >= 0.3 is 12.1 Å². The maximum Gasteiger partial charge on any atom is 0.407 e. The number of aromatic nitrogens is 1. The van der Waals surface area contributed by atoms with E-state index in [0.717, 1.165) is 48.3 Å². The summed E-state index contributed by atoms with van der Waals surface area (Å²) in [5.74, 6) is 6.53. The molecule has 9 heteroatoms. The van der Waals surface area contributed by atoms with Crippen molar-refractivity contribution in [3.05, 3.63) is 95.2 Å². The van der Waals surface area contributed by atoms with Gasteiger partial charge in [0, 0.05) is 36.9 Å². The second-order valence-electron chi connectivity index (χ2n) is 10.9. The normalized spacial score (nSPS) is 20.4. The molecule has 2 N–H and O–H groups in total. The number of esters is 1. The van der Waals surface area contributed by atoms with Gasteiger partial charge in [0.05, 0.1) is 18.9 Å². The molecule has 1 aromatic heterocycles. The number of fused-ring (bicyclic) bond motifs is 3. The van der Waals surface area contributed by atoms with Crippen LogP contribution >= 0.6 is 0 Å². The van der Waals surface area contributed by atoms with E-state index in [0.29, 0.717) is 31.9 Å². The van der Waals surface area contributed by atoms with Crippen molar-refractivity contribution in [2.75, 3.05) is 39.4 Å². The van der Waals surface area contributed by atoms with Gasteiger partial charge in [-0.2, -0.15) is 0 Å². The second-order valence-corrected chi connectivity index (χ2v) is 10.9. The number of benzene rings is 2. The number of alkyl carbamates (subject to hydrolysis) is 1. The summed E-state index contributed by atoms with van der Waals surface area (Å²) in [6, 6.07) is 23.0. The second kappa shape index (κ2) is 14.7. The van der Waals surface area contributed by atoms with Crippen LogP contribution in [0.3, 0.4) is 0 Å². The Bertz CT molecular complexity index is 1430. The van der Waals surface area contributed by atoms with Gasteiger partial charge < -0.3 is 24.6 Å². The highest BCUT2D eigenvalue weighted by Gasteiger charge is 2.44. The van der Waals surface area contributed by atoms with E-state index < -0.39 is 17.7 Å². The van der Waals surface area contributed by atoms with Crippen molar-refractivity contribution in [1.82, 2.24) is 15.2 Å². The Morgan fingerprint density at radius 2 is 1.67 bits per heavy atom. The number of piperidine rings is 3. The molecule has 1 unspecified atom stereocenters. The number of pyridine rings is 1. The zero-order chi connectivity index (χ0) is 29.9. The first-order chi connectivity index (χ1) is 21.0. The summed E-state index contributed by atoms with van der Waals surface area (Å²) in [5, 5.41) is 13.7. The van der Waals surface area contributed by atoms with E-state index in [9.17, 15) is 14.7 Å². The van der Waals surface area contributed by atoms with Crippen LogP contribution < -0.4 is 10.1 Å². The van der Waals surface area contributed by atoms with Crippen LogP contribution in [0.4, 0.5) is 4.79 Å². The molecule has 3 fully saturated rings. The number of ether oxygens (including phenoxy) is 3. The Kier molecular flexibility index (Phi) is 10.3. The molecule has 4 heterocycles. The number of carbonyl (C=O) groups excluding carboxylic acids is 2. The van der Waals surface area contributed by atoms with E-state index in [2.05, 4.69) is 22.1 Å². The third-order valence-electron chi connectivity index (χ3n) is 7.70. The average molecular weight is 584 g/mol. The molecule has 2 bridgehead atoms. The monoisotopic (exact) mass is 583 g/mol. The quantitative estimate of drug-likeness (QED) is 0.200. The van der Waals surface area contributed by atoms with E-state index in [-0.39, 0.29) is 25.7 Å². The maximum atomic E-state index is 12.0. The van der Waals surface area contributed by atoms with Crippen molar-refractivity contribution in [2.24, 2.45) is 5.92 Å². The number of hydrogen-bond donors (Lipinski definition) is 2. The number of rotatable bonds is 11. The molecule has 224 valence electrons. The number of amides is 1. The van der Waals surface area contributed by atoms with Gasteiger partial charge in [-0.15, -0.1) is 0 Å². The minimum atomic E-state index is -0.995. The van der Waals surface area contributed by atoms with Gasteiger partial charge in [-0.1, -0.05) is 72.5 Å². The van der Waals surface area contributed by atoms with Crippen LogP contribution in [0, 0.1) is 17.8 Å². The fourth-order valence-corrected chi connectivity index (χ4v) is 5.35. The van der Waals surface area contributed by atoms with E-state index in [1.807, 2.05) is 66.7 Å². The molecule has 3 saturated heterocycles. The van der Waals surface area contributed by atoms with Gasteiger partial charge in [0.1, 0.15) is 18.8 Å². The molecule has 43 heavy (non-hydrogen) atoms. The minimum absolute atomic E-state index is 0.120. The highest BCUT2D eigenvalue weighted by Crippen LogP contribution is 2.35. The lowest BCUT2D eigenvalue weighted by atomic mass is 9.75. The predicted octanol–water partition coefficient (Wildman–Crippen LogP) is 3.72. The van der Waals surface area contributed by atoms with Crippen LogP contribution in [-0.2, 0) is 27.3 Å². The molecular weight excluding hydrogens is 546 g/mol. The molecule has 3 aliphatic rings. The number of carbonyl (C=O) groups is 2. The summed E-state index contributed by atoms with van der Waals surface area (Å²) in [6.07, 6.45) is 2.29. The Balaban J connectivity index is 1.09. The predicted molar refractivity (Wildman–Crippen MR) is 160 cm³/mol. The number of hydrogen-bond acceptors (Lipinski definition) is 8. The minimum Gasteiger partial charge on any atom is -0.478 e. The van der Waals surface area contributed by atoms with Gasteiger partial charge in [-0.25, -0.2) is 9.78 Å². The van der Waals surface area contributed by atoms with Crippen molar-refractivity contribution in [1.29, 1.82) is 0 Å². The summed E-state index contributed by atoms with van der Waals surface area (Å²) in [6.45, 7) is 2.91. The summed E-state index contributed by atoms with van der Waals surface area (Å²) in [5.41, 5.74) is 2.50. The van der Waals surface area contributed by atoms with E-state index in [1.54, 1.807) is 6.07 Å². The molecule has 3 aromatic rings. The SMILES string of the molecule is O=C(CNC(=O)OCc1ccccc1)OCCCOc1ccc(C#CC2(O)CN3CCC2CC3)c(Cc2ccccc2)n1. The van der Waals surface area contributed by atoms with Gasteiger partial charge in [-0.05, 0) is 43.1 Å². The first-order valence-electron chi connectivity index (χ1n) is 14.7. The molecule has 0 radical (unpaired) electrons. The average Bonchev–Trinajstić information content (AvgIpc) is 3.03. The summed E-state index contributed by atoms with van der Waals surface area (Å²) < 4.78 is 16.1. The summed E-state index contributed by atoms with van der Waals surface area (Å²) in [7, 11) is 0. The Labute approximate surface area is 252 Å². The number of nitrogens with zero attached hydrogens (tertiary/aromatic N) is 2. The van der Waals surface area contributed by atoms with Crippen molar-refractivity contribution in [3.8, 4) is 17.7 Å². The Hall–Kier alpha value is -4.39. The Morgan fingerprint density at radius 1 is 0.953 bits per heavy atom. The fourth-order valence-electron chi connectivity index (χ4n) is 5.35. The lowest BCUT2D eigenvalue weighted by Crippen LogP contribution is -2.58. The maximum absolute atomic E-state index is 12.0. The molecule has 6 rings (SSSR count).